The lowest BCUT2D eigenvalue weighted by Gasteiger charge is -1.98. The predicted octanol–water partition coefficient (Wildman–Crippen LogP) is 4.24. The first-order chi connectivity index (χ1) is 6.27. The molecule has 70 valence electrons. The monoisotopic (exact) mass is 303 g/mol. The van der Waals surface area contributed by atoms with Crippen molar-refractivity contribution in [1.82, 2.24) is 0 Å². The fourth-order valence-electron chi connectivity index (χ4n) is 0.782. The van der Waals surface area contributed by atoms with Crippen LogP contribution < -0.4 is 0 Å². The summed E-state index contributed by atoms with van der Waals surface area (Å²) in [7, 11) is 0. The molecule has 3 heteroatoms. The molecule has 0 saturated heterocycles. The zero-order chi connectivity index (χ0) is 10.3. The van der Waals surface area contributed by atoms with Crippen molar-refractivity contribution >= 4 is 31.9 Å². The van der Waals surface area contributed by atoms with Crippen molar-refractivity contribution in [1.29, 1.82) is 5.26 Å². The molecular weight excluding hydrogens is 294 g/mol. The van der Waals surface area contributed by atoms with Gasteiger partial charge in [0.1, 0.15) is 0 Å². The summed E-state index contributed by atoms with van der Waals surface area (Å²) in [5.74, 6) is 0. The standard InChI is InChI=1S/C8H5Br2N.C2H6/c9-4-7-3-8(10)2-1-6(7)5-11;1-2/h1-3H,4H2;1-2H3. The first kappa shape index (κ1) is 12.7. The number of nitrogens with zero attached hydrogens (tertiary/aromatic N) is 1. The number of hydrogen-bond donors (Lipinski definition) is 0. The summed E-state index contributed by atoms with van der Waals surface area (Å²) in [5.41, 5.74) is 1.74. The molecule has 0 fully saturated rings. The summed E-state index contributed by atoms with van der Waals surface area (Å²) in [6.45, 7) is 4.00. The Hall–Kier alpha value is -0.330. The average Bonchev–Trinajstić information content (AvgIpc) is 2.20. The zero-order valence-electron chi connectivity index (χ0n) is 7.64. The Labute approximate surface area is 96.0 Å². The van der Waals surface area contributed by atoms with Crippen LogP contribution in [0.4, 0.5) is 0 Å². The van der Waals surface area contributed by atoms with Crippen LogP contribution in [0.3, 0.4) is 0 Å². The highest BCUT2D eigenvalue weighted by Gasteiger charge is 1.99. The summed E-state index contributed by atoms with van der Waals surface area (Å²) in [5, 5.41) is 9.37. The van der Waals surface area contributed by atoms with Crippen LogP contribution in [0.1, 0.15) is 25.0 Å². The summed E-state index contributed by atoms with van der Waals surface area (Å²) in [4.78, 5) is 0. The number of halogens is 2. The van der Waals surface area contributed by atoms with E-state index in [2.05, 4.69) is 37.9 Å². The minimum absolute atomic E-state index is 0.718. The van der Waals surface area contributed by atoms with Crippen molar-refractivity contribution in [2.45, 2.75) is 19.2 Å². The second-order valence-corrected chi connectivity index (χ2v) is 3.52. The maximum absolute atomic E-state index is 8.65. The van der Waals surface area contributed by atoms with E-state index in [0.29, 0.717) is 0 Å². The highest BCUT2D eigenvalue weighted by Crippen LogP contribution is 2.17. The van der Waals surface area contributed by atoms with E-state index in [1.54, 1.807) is 6.07 Å². The maximum atomic E-state index is 8.65. The van der Waals surface area contributed by atoms with Crippen molar-refractivity contribution < 1.29 is 0 Å². The Kier molecular flexibility index (Phi) is 6.93. The summed E-state index contributed by atoms with van der Waals surface area (Å²) in [6, 6.07) is 7.73. The fraction of sp³-hybridized carbons (Fsp3) is 0.300. The topological polar surface area (TPSA) is 23.8 Å². The largest absolute Gasteiger partial charge is 0.192 e. The van der Waals surface area contributed by atoms with E-state index in [0.717, 1.165) is 20.9 Å². The van der Waals surface area contributed by atoms with Gasteiger partial charge in [0, 0.05) is 9.80 Å². The SMILES string of the molecule is CC.N#Cc1ccc(Br)cc1CBr. The molecule has 0 saturated carbocycles. The fourth-order valence-corrected chi connectivity index (χ4v) is 1.65. The van der Waals surface area contributed by atoms with Crippen molar-refractivity contribution in [3.05, 3.63) is 33.8 Å². The molecule has 0 radical (unpaired) electrons. The molecule has 0 spiro atoms. The van der Waals surface area contributed by atoms with Crippen molar-refractivity contribution in [3.8, 4) is 6.07 Å². The van der Waals surface area contributed by atoms with E-state index in [4.69, 9.17) is 5.26 Å². The third-order valence-electron chi connectivity index (χ3n) is 1.33. The van der Waals surface area contributed by atoms with Gasteiger partial charge in [-0.15, -0.1) is 0 Å². The van der Waals surface area contributed by atoms with Crippen LogP contribution in [-0.4, -0.2) is 0 Å². The molecule has 1 rings (SSSR count). The van der Waals surface area contributed by atoms with E-state index >= 15 is 0 Å². The van der Waals surface area contributed by atoms with Gasteiger partial charge < -0.3 is 0 Å². The maximum Gasteiger partial charge on any atom is 0.0994 e. The first-order valence-electron chi connectivity index (χ1n) is 4.02. The normalized spacial score (nSPS) is 8.23. The molecular formula is C10H11Br2N. The van der Waals surface area contributed by atoms with Gasteiger partial charge >= 0.3 is 0 Å². The number of benzene rings is 1. The number of alkyl halides is 1. The van der Waals surface area contributed by atoms with E-state index in [9.17, 15) is 0 Å². The smallest absolute Gasteiger partial charge is 0.0994 e. The second kappa shape index (κ2) is 7.11. The Morgan fingerprint density at radius 3 is 2.46 bits per heavy atom. The third kappa shape index (κ3) is 3.93. The molecule has 0 aliphatic heterocycles. The van der Waals surface area contributed by atoms with Gasteiger partial charge in [-0.25, -0.2) is 0 Å². The van der Waals surface area contributed by atoms with E-state index in [1.165, 1.54) is 0 Å². The third-order valence-corrected chi connectivity index (χ3v) is 2.43. The lowest BCUT2D eigenvalue weighted by Crippen LogP contribution is -1.84. The van der Waals surface area contributed by atoms with Crippen LogP contribution in [0.5, 0.6) is 0 Å². The number of nitriles is 1. The van der Waals surface area contributed by atoms with Crippen LogP contribution in [0.25, 0.3) is 0 Å². The molecule has 0 heterocycles. The molecule has 0 aliphatic carbocycles. The van der Waals surface area contributed by atoms with Gasteiger partial charge in [-0.1, -0.05) is 45.7 Å². The highest BCUT2D eigenvalue weighted by molar-refractivity contribution is 9.10. The molecule has 0 aromatic heterocycles. The molecule has 1 aromatic carbocycles. The van der Waals surface area contributed by atoms with E-state index < -0.39 is 0 Å². The first-order valence-corrected chi connectivity index (χ1v) is 5.94. The zero-order valence-corrected chi connectivity index (χ0v) is 10.8. The lowest BCUT2D eigenvalue weighted by atomic mass is 10.1. The van der Waals surface area contributed by atoms with Crippen molar-refractivity contribution in [3.63, 3.8) is 0 Å². The molecule has 0 aliphatic rings. The van der Waals surface area contributed by atoms with Gasteiger partial charge in [-0.2, -0.15) is 5.26 Å². The van der Waals surface area contributed by atoms with Crippen LogP contribution >= 0.6 is 31.9 Å². The predicted molar refractivity (Wildman–Crippen MR) is 62.8 cm³/mol. The van der Waals surface area contributed by atoms with Crippen molar-refractivity contribution in [2.75, 3.05) is 0 Å². The molecule has 0 amide bonds. The van der Waals surface area contributed by atoms with Gasteiger partial charge in [0.15, 0.2) is 0 Å². The highest BCUT2D eigenvalue weighted by atomic mass is 79.9. The average molecular weight is 305 g/mol. The minimum atomic E-state index is 0.718. The second-order valence-electron chi connectivity index (χ2n) is 2.05. The van der Waals surface area contributed by atoms with Crippen LogP contribution in [0, 0.1) is 11.3 Å². The van der Waals surface area contributed by atoms with Crippen molar-refractivity contribution in [2.24, 2.45) is 0 Å². The molecule has 1 nitrogen and oxygen atoms in total. The molecule has 1 aromatic rings. The molecule has 0 unspecified atom stereocenters. The Balaban J connectivity index is 0.000000671. The Morgan fingerprint density at radius 1 is 1.38 bits per heavy atom. The molecule has 0 bridgehead atoms. The van der Waals surface area contributed by atoms with Gasteiger partial charge in [-0.3, -0.25) is 0 Å². The van der Waals surface area contributed by atoms with E-state index in [1.807, 2.05) is 26.0 Å². The van der Waals surface area contributed by atoms with Crippen LogP contribution in [-0.2, 0) is 5.33 Å². The summed E-state index contributed by atoms with van der Waals surface area (Å²) in [6.07, 6.45) is 0. The minimum Gasteiger partial charge on any atom is -0.192 e. The molecule has 0 N–H and O–H groups in total. The van der Waals surface area contributed by atoms with Crippen LogP contribution in [0.2, 0.25) is 0 Å². The van der Waals surface area contributed by atoms with E-state index in [-0.39, 0.29) is 0 Å². The number of rotatable bonds is 1. The van der Waals surface area contributed by atoms with Gasteiger partial charge in [0.05, 0.1) is 11.6 Å². The summed E-state index contributed by atoms with van der Waals surface area (Å²) < 4.78 is 1.01. The Morgan fingerprint density at radius 2 is 2.00 bits per heavy atom. The van der Waals surface area contributed by atoms with Gasteiger partial charge in [0.25, 0.3) is 0 Å². The number of hydrogen-bond acceptors (Lipinski definition) is 1. The van der Waals surface area contributed by atoms with Gasteiger partial charge in [-0.05, 0) is 23.8 Å². The molecule has 13 heavy (non-hydrogen) atoms. The lowest BCUT2D eigenvalue weighted by molar-refractivity contribution is 1.36. The summed E-state index contributed by atoms with van der Waals surface area (Å²) >= 11 is 6.65. The Bertz CT molecular complexity index is 302. The van der Waals surface area contributed by atoms with Crippen LogP contribution in [0.15, 0.2) is 22.7 Å². The quantitative estimate of drug-likeness (QED) is 0.712. The molecule has 0 atom stereocenters. The van der Waals surface area contributed by atoms with Gasteiger partial charge in [0.2, 0.25) is 0 Å².